The zero-order valence-electron chi connectivity index (χ0n) is 20.6. The lowest BCUT2D eigenvalue weighted by Gasteiger charge is -2.39. The van der Waals surface area contributed by atoms with E-state index in [1.54, 1.807) is 6.07 Å². The van der Waals surface area contributed by atoms with Gasteiger partial charge >= 0.3 is 0 Å². The fourth-order valence-corrected chi connectivity index (χ4v) is 4.90. The molecule has 4 rings (SSSR count). The van der Waals surface area contributed by atoms with Gasteiger partial charge in [0.2, 0.25) is 0 Å². The predicted octanol–water partition coefficient (Wildman–Crippen LogP) is 6.10. The van der Waals surface area contributed by atoms with Gasteiger partial charge in [-0.1, -0.05) is 86.5 Å². The molecular weight excluding hydrogens is 436 g/mol. The maximum atomic E-state index is 11.7. The minimum atomic E-state index is -0.270. The van der Waals surface area contributed by atoms with Crippen molar-refractivity contribution >= 4 is 11.4 Å². The summed E-state index contributed by atoms with van der Waals surface area (Å²) in [7, 11) is 0. The molecule has 6 nitrogen and oxygen atoms in total. The van der Waals surface area contributed by atoms with E-state index in [1.807, 2.05) is 12.1 Å². The Morgan fingerprint density at radius 2 is 1.51 bits per heavy atom. The predicted molar refractivity (Wildman–Crippen MR) is 143 cm³/mol. The fourth-order valence-electron chi connectivity index (χ4n) is 4.90. The molecule has 0 radical (unpaired) electrons. The highest BCUT2D eigenvalue weighted by Crippen LogP contribution is 2.30. The number of benzene rings is 3. The zero-order chi connectivity index (χ0) is 24.5. The molecule has 0 saturated carbocycles. The quantitative estimate of drug-likeness (QED) is 0.207. The molecule has 35 heavy (non-hydrogen) atoms. The lowest BCUT2D eigenvalue weighted by atomic mass is 9.96. The first-order chi connectivity index (χ1) is 17.2. The minimum Gasteiger partial charge on any atom is -0.379 e. The summed E-state index contributed by atoms with van der Waals surface area (Å²) in [4.78, 5) is 16.4. The number of piperazine rings is 1. The van der Waals surface area contributed by atoms with Gasteiger partial charge in [0.05, 0.1) is 11.0 Å². The summed E-state index contributed by atoms with van der Waals surface area (Å²) in [6, 6.07) is 27.3. The van der Waals surface area contributed by atoms with Crippen LogP contribution in [0.15, 0.2) is 78.9 Å². The molecule has 0 unspecified atom stereocenters. The van der Waals surface area contributed by atoms with Crippen molar-refractivity contribution in [2.45, 2.75) is 38.8 Å². The van der Waals surface area contributed by atoms with Gasteiger partial charge in [-0.3, -0.25) is 19.9 Å². The highest BCUT2D eigenvalue weighted by Gasteiger charge is 2.26. The normalized spacial score (nSPS) is 14.8. The molecule has 0 spiro atoms. The molecule has 1 heterocycles. The Morgan fingerprint density at radius 1 is 0.886 bits per heavy atom. The molecule has 1 fully saturated rings. The molecule has 0 atom stereocenters. The van der Waals surface area contributed by atoms with Crippen LogP contribution in [0.2, 0.25) is 0 Å². The van der Waals surface area contributed by atoms with Gasteiger partial charge in [-0.15, -0.1) is 0 Å². The van der Waals surface area contributed by atoms with Crippen LogP contribution in [0.5, 0.6) is 0 Å². The summed E-state index contributed by atoms with van der Waals surface area (Å²) in [5.41, 5.74) is 4.40. The maximum absolute atomic E-state index is 11.7. The molecule has 1 aliphatic heterocycles. The molecule has 6 heteroatoms. The summed E-state index contributed by atoms with van der Waals surface area (Å²) in [5.74, 6) is 0. The molecule has 184 valence electrons. The van der Waals surface area contributed by atoms with E-state index in [0.29, 0.717) is 5.69 Å². The smallest absolute Gasteiger partial charge is 0.292 e. The number of nitro benzene ring substituents is 1. The van der Waals surface area contributed by atoms with E-state index in [4.69, 9.17) is 0 Å². The Labute approximate surface area is 208 Å². The van der Waals surface area contributed by atoms with Crippen LogP contribution in [0.4, 0.5) is 11.4 Å². The molecule has 0 bridgehead atoms. The number of hydrogen-bond acceptors (Lipinski definition) is 5. The van der Waals surface area contributed by atoms with Gasteiger partial charge in [-0.05, 0) is 29.2 Å². The van der Waals surface area contributed by atoms with E-state index < -0.39 is 0 Å². The van der Waals surface area contributed by atoms with Crippen LogP contribution >= 0.6 is 0 Å². The fraction of sp³-hybridized carbons (Fsp3) is 0.379. The topological polar surface area (TPSA) is 61.6 Å². The van der Waals surface area contributed by atoms with Crippen molar-refractivity contribution in [3.05, 3.63) is 106 Å². The second kappa shape index (κ2) is 12.5. The van der Waals surface area contributed by atoms with Crippen molar-refractivity contribution in [3.63, 3.8) is 0 Å². The lowest BCUT2D eigenvalue weighted by molar-refractivity contribution is -0.384. The molecule has 0 aliphatic carbocycles. The molecule has 1 saturated heterocycles. The van der Waals surface area contributed by atoms with Gasteiger partial charge in [0.25, 0.3) is 5.69 Å². The third kappa shape index (κ3) is 6.68. The van der Waals surface area contributed by atoms with Crippen LogP contribution in [-0.4, -0.2) is 47.4 Å². The molecule has 3 aromatic rings. The van der Waals surface area contributed by atoms with Crippen molar-refractivity contribution in [2.24, 2.45) is 0 Å². The van der Waals surface area contributed by atoms with Crippen LogP contribution in [-0.2, 0) is 6.54 Å². The van der Waals surface area contributed by atoms with E-state index in [1.165, 1.54) is 11.1 Å². The zero-order valence-corrected chi connectivity index (χ0v) is 20.6. The first-order valence-electron chi connectivity index (χ1n) is 12.7. The molecule has 0 aromatic heterocycles. The lowest BCUT2D eigenvalue weighted by Crippen LogP contribution is -2.47. The number of nitrogens with one attached hydrogen (secondary N) is 1. The van der Waals surface area contributed by atoms with Crippen molar-refractivity contribution in [1.29, 1.82) is 0 Å². The maximum Gasteiger partial charge on any atom is 0.292 e. The van der Waals surface area contributed by atoms with Gasteiger partial charge in [0.15, 0.2) is 0 Å². The Kier molecular flexibility index (Phi) is 8.87. The summed E-state index contributed by atoms with van der Waals surface area (Å²) >= 11 is 0. The summed E-state index contributed by atoms with van der Waals surface area (Å²) < 4.78 is 0. The van der Waals surface area contributed by atoms with Crippen LogP contribution in [0, 0.1) is 10.1 Å². The van der Waals surface area contributed by atoms with E-state index in [9.17, 15) is 10.1 Å². The van der Waals surface area contributed by atoms with Crippen LogP contribution < -0.4 is 5.32 Å². The molecular formula is C29H36N4O2. The monoisotopic (exact) mass is 472 g/mol. The Balaban J connectivity index is 1.40. The van der Waals surface area contributed by atoms with Gasteiger partial charge in [0, 0.05) is 45.3 Å². The average Bonchev–Trinajstić information content (AvgIpc) is 2.89. The minimum absolute atomic E-state index is 0.172. The Bertz CT molecular complexity index is 1030. The highest BCUT2D eigenvalue weighted by atomic mass is 16.6. The van der Waals surface area contributed by atoms with Crippen molar-refractivity contribution in [2.75, 3.05) is 38.0 Å². The standard InChI is InChI=1S/C29H36N4O2/c1-2-3-10-17-30-27-16-15-24(22-28(27)33(34)35)23-31-18-20-32(21-19-31)29(25-11-6-4-7-12-25)26-13-8-5-9-14-26/h4-9,11-16,22,29-30H,2-3,10,17-21,23H2,1H3. The van der Waals surface area contributed by atoms with Gasteiger partial charge < -0.3 is 5.32 Å². The Hall–Kier alpha value is -3.22. The first-order valence-corrected chi connectivity index (χ1v) is 12.7. The summed E-state index contributed by atoms with van der Waals surface area (Å²) in [6.45, 7) is 7.41. The van der Waals surface area contributed by atoms with Crippen molar-refractivity contribution < 1.29 is 4.92 Å². The molecule has 3 aromatic carbocycles. The second-order valence-corrected chi connectivity index (χ2v) is 9.28. The van der Waals surface area contributed by atoms with Crippen LogP contribution in [0.1, 0.15) is 48.9 Å². The summed E-state index contributed by atoms with van der Waals surface area (Å²) in [5, 5.41) is 14.9. The van der Waals surface area contributed by atoms with Gasteiger partial charge in [0.1, 0.15) is 5.69 Å². The third-order valence-electron chi connectivity index (χ3n) is 6.76. The highest BCUT2D eigenvalue weighted by molar-refractivity contribution is 5.62. The van der Waals surface area contributed by atoms with E-state index in [2.05, 4.69) is 82.7 Å². The number of rotatable bonds is 11. The van der Waals surface area contributed by atoms with Gasteiger partial charge in [-0.25, -0.2) is 0 Å². The van der Waals surface area contributed by atoms with Crippen LogP contribution in [0.3, 0.4) is 0 Å². The SMILES string of the molecule is CCCCCNc1ccc(CN2CCN(C(c3ccccc3)c3ccccc3)CC2)cc1[N+](=O)[O-]. The number of unbranched alkanes of at least 4 members (excludes halogenated alkanes) is 2. The summed E-state index contributed by atoms with van der Waals surface area (Å²) in [6.07, 6.45) is 3.28. The largest absolute Gasteiger partial charge is 0.379 e. The van der Waals surface area contributed by atoms with E-state index >= 15 is 0 Å². The third-order valence-corrected chi connectivity index (χ3v) is 6.76. The van der Waals surface area contributed by atoms with E-state index in [0.717, 1.165) is 64.1 Å². The van der Waals surface area contributed by atoms with E-state index in [-0.39, 0.29) is 16.7 Å². The van der Waals surface area contributed by atoms with Crippen molar-refractivity contribution in [3.8, 4) is 0 Å². The number of nitrogens with zero attached hydrogens (tertiary/aromatic N) is 3. The molecule has 0 amide bonds. The van der Waals surface area contributed by atoms with Crippen LogP contribution in [0.25, 0.3) is 0 Å². The number of anilines is 1. The average molecular weight is 473 g/mol. The molecule has 1 N–H and O–H groups in total. The molecule has 1 aliphatic rings. The van der Waals surface area contributed by atoms with Gasteiger partial charge in [-0.2, -0.15) is 0 Å². The number of hydrogen-bond donors (Lipinski definition) is 1. The number of nitro groups is 1. The first kappa shape index (κ1) is 24.9. The second-order valence-electron chi connectivity index (χ2n) is 9.28. The van der Waals surface area contributed by atoms with Crippen molar-refractivity contribution in [1.82, 2.24) is 9.80 Å². The Morgan fingerprint density at radius 3 is 2.09 bits per heavy atom.